The number of nitrogens with zero attached hydrogens (tertiary/aromatic N) is 5. The van der Waals surface area contributed by atoms with E-state index in [2.05, 4.69) is 36.0 Å². The van der Waals surface area contributed by atoms with Crippen molar-refractivity contribution in [2.75, 3.05) is 30.8 Å². The Hall–Kier alpha value is -2.19. The van der Waals surface area contributed by atoms with Crippen LogP contribution in [0.3, 0.4) is 0 Å². The molecule has 1 saturated heterocycles. The summed E-state index contributed by atoms with van der Waals surface area (Å²) in [6.07, 6.45) is 5.95. The summed E-state index contributed by atoms with van der Waals surface area (Å²) >= 11 is 0. The largest absolute Gasteiger partial charge is 0.378 e. The molecule has 8 heteroatoms. The summed E-state index contributed by atoms with van der Waals surface area (Å²) in [5.74, 6) is 1.15. The Bertz CT molecular complexity index is 703. The smallest absolute Gasteiger partial charge is 0.221 e. The summed E-state index contributed by atoms with van der Waals surface area (Å²) in [4.78, 5) is 10.5. The van der Waals surface area contributed by atoms with Gasteiger partial charge in [-0.15, -0.1) is 0 Å². The Kier molecular flexibility index (Phi) is 4.07. The second kappa shape index (κ2) is 6.37. The second-order valence-corrected chi connectivity index (χ2v) is 6.40. The number of rotatable bonds is 4. The highest BCUT2D eigenvalue weighted by molar-refractivity contribution is 5.43. The highest BCUT2D eigenvalue weighted by Crippen LogP contribution is 2.27. The predicted molar refractivity (Wildman–Crippen MR) is 90.6 cm³/mol. The molecule has 0 saturated carbocycles. The third kappa shape index (κ3) is 2.83. The fourth-order valence-electron chi connectivity index (χ4n) is 3.75. The molecule has 2 aromatic heterocycles. The number of anilines is 2. The molecule has 2 aliphatic rings. The van der Waals surface area contributed by atoms with Crippen LogP contribution in [0, 0.1) is 0 Å². The Morgan fingerprint density at radius 3 is 3.04 bits per heavy atom. The van der Waals surface area contributed by atoms with Gasteiger partial charge in [-0.05, 0) is 25.0 Å². The van der Waals surface area contributed by atoms with Gasteiger partial charge in [0.15, 0.2) is 0 Å². The van der Waals surface area contributed by atoms with E-state index in [0.29, 0.717) is 12.0 Å². The molecule has 0 aliphatic carbocycles. The summed E-state index contributed by atoms with van der Waals surface area (Å²) in [5, 5.41) is 8.17. The zero-order valence-corrected chi connectivity index (χ0v) is 13.8. The van der Waals surface area contributed by atoms with Gasteiger partial charge in [0, 0.05) is 45.2 Å². The van der Waals surface area contributed by atoms with Gasteiger partial charge in [-0.1, -0.05) is 0 Å². The Morgan fingerprint density at radius 2 is 2.21 bits per heavy atom. The average molecular weight is 329 g/mol. The fraction of sp³-hybridized carbons (Fsp3) is 0.562. The van der Waals surface area contributed by atoms with Crippen molar-refractivity contribution in [1.29, 1.82) is 0 Å². The fourth-order valence-corrected chi connectivity index (χ4v) is 3.75. The van der Waals surface area contributed by atoms with Gasteiger partial charge < -0.3 is 20.7 Å². The van der Waals surface area contributed by atoms with E-state index in [1.807, 2.05) is 12.3 Å². The first kappa shape index (κ1) is 15.3. The SMILES string of the molecule is CO[C@@H]1CN(c2ccnc(N)n2)C[C@@H]1NC1CCCn2nccc21. The minimum Gasteiger partial charge on any atom is -0.378 e. The van der Waals surface area contributed by atoms with Crippen LogP contribution in [0.5, 0.6) is 0 Å². The van der Waals surface area contributed by atoms with Crippen LogP contribution in [-0.2, 0) is 11.3 Å². The Labute approximate surface area is 141 Å². The number of nitrogen functional groups attached to an aromatic ring is 1. The van der Waals surface area contributed by atoms with Crippen LogP contribution in [-0.4, -0.2) is 52.1 Å². The number of ether oxygens (including phenoxy) is 1. The minimum absolute atomic E-state index is 0.111. The third-order valence-electron chi connectivity index (χ3n) is 4.94. The first-order valence-corrected chi connectivity index (χ1v) is 8.38. The van der Waals surface area contributed by atoms with Gasteiger partial charge in [-0.3, -0.25) is 4.68 Å². The molecular weight excluding hydrogens is 306 g/mol. The van der Waals surface area contributed by atoms with Crippen molar-refractivity contribution in [2.24, 2.45) is 0 Å². The molecule has 4 rings (SSSR count). The van der Waals surface area contributed by atoms with E-state index in [0.717, 1.165) is 38.3 Å². The molecule has 8 nitrogen and oxygen atoms in total. The van der Waals surface area contributed by atoms with Crippen LogP contribution in [0.15, 0.2) is 24.5 Å². The van der Waals surface area contributed by atoms with Crippen LogP contribution in [0.4, 0.5) is 11.8 Å². The summed E-state index contributed by atoms with van der Waals surface area (Å²) in [5.41, 5.74) is 6.98. The lowest BCUT2D eigenvalue weighted by molar-refractivity contribution is 0.0911. The summed E-state index contributed by atoms with van der Waals surface area (Å²) in [7, 11) is 1.77. The van der Waals surface area contributed by atoms with Crippen molar-refractivity contribution >= 4 is 11.8 Å². The molecule has 128 valence electrons. The lowest BCUT2D eigenvalue weighted by atomic mass is 10.0. The molecule has 0 aromatic carbocycles. The number of methoxy groups -OCH3 is 1. The molecule has 24 heavy (non-hydrogen) atoms. The summed E-state index contributed by atoms with van der Waals surface area (Å²) in [6.45, 7) is 2.63. The first-order chi connectivity index (χ1) is 11.7. The molecule has 1 fully saturated rings. The maximum absolute atomic E-state index is 5.72. The number of aryl methyl sites for hydroxylation is 1. The molecule has 3 N–H and O–H groups in total. The highest BCUT2D eigenvalue weighted by Gasteiger charge is 2.36. The summed E-state index contributed by atoms with van der Waals surface area (Å²) in [6, 6.07) is 4.55. The second-order valence-electron chi connectivity index (χ2n) is 6.40. The van der Waals surface area contributed by atoms with Gasteiger partial charge in [0.2, 0.25) is 5.95 Å². The molecule has 0 spiro atoms. The molecule has 3 atom stereocenters. The summed E-state index contributed by atoms with van der Waals surface area (Å²) < 4.78 is 7.81. The van der Waals surface area contributed by atoms with Crippen LogP contribution in [0.2, 0.25) is 0 Å². The van der Waals surface area contributed by atoms with Crippen LogP contribution < -0.4 is 16.0 Å². The number of nitrogens with two attached hydrogens (primary N) is 1. The maximum Gasteiger partial charge on any atom is 0.221 e. The van der Waals surface area contributed by atoms with E-state index in [-0.39, 0.29) is 12.1 Å². The minimum atomic E-state index is 0.111. The molecule has 0 amide bonds. The molecule has 0 bridgehead atoms. The molecule has 0 radical (unpaired) electrons. The van der Waals surface area contributed by atoms with Crippen molar-refractivity contribution in [3.8, 4) is 0 Å². The molecule has 1 unspecified atom stereocenters. The van der Waals surface area contributed by atoms with E-state index in [1.165, 1.54) is 5.69 Å². The van der Waals surface area contributed by atoms with Crippen LogP contribution >= 0.6 is 0 Å². The lowest BCUT2D eigenvalue weighted by Crippen LogP contribution is -2.43. The van der Waals surface area contributed by atoms with Gasteiger partial charge in [0.1, 0.15) is 5.82 Å². The maximum atomic E-state index is 5.72. The van der Waals surface area contributed by atoms with Gasteiger partial charge in [-0.25, -0.2) is 4.98 Å². The number of aromatic nitrogens is 4. The zero-order valence-electron chi connectivity index (χ0n) is 13.8. The number of nitrogens with one attached hydrogen (secondary N) is 1. The molecule has 4 heterocycles. The normalized spacial score (nSPS) is 26.5. The first-order valence-electron chi connectivity index (χ1n) is 8.38. The van der Waals surface area contributed by atoms with Crippen molar-refractivity contribution < 1.29 is 4.74 Å². The number of hydrogen-bond acceptors (Lipinski definition) is 7. The molecular formula is C16H23N7O. The molecule has 2 aliphatic heterocycles. The van der Waals surface area contributed by atoms with Crippen molar-refractivity contribution in [3.05, 3.63) is 30.2 Å². The number of hydrogen-bond donors (Lipinski definition) is 2. The predicted octanol–water partition coefficient (Wildman–Crippen LogP) is 0.584. The van der Waals surface area contributed by atoms with Crippen molar-refractivity contribution in [2.45, 2.75) is 37.6 Å². The monoisotopic (exact) mass is 329 g/mol. The van der Waals surface area contributed by atoms with E-state index in [4.69, 9.17) is 10.5 Å². The van der Waals surface area contributed by atoms with Gasteiger partial charge in [-0.2, -0.15) is 10.1 Å². The van der Waals surface area contributed by atoms with E-state index < -0.39 is 0 Å². The average Bonchev–Trinajstić information content (AvgIpc) is 3.22. The number of fused-ring (bicyclic) bond motifs is 1. The Balaban J connectivity index is 1.49. The van der Waals surface area contributed by atoms with E-state index >= 15 is 0 Å². The van der Waals surface area contributed by atoms with Crippen LogP contribution in [0.25, 0.3) is 0 Å². The third-order valence-corrected chi connectivity index (χ3v) is 4.94. The van der Waals surface area contributed by atoms with Gasteiger partial charge in [0.25, 0.3) is 0 Å². The standard InChI is InChI=1S/C16H23N7O/c1-24-14-10-22(15-5-6-18-16(17)21-15)9-12(14)20-11-3-2-8-23-13(11)4-7-19-23/h4-7,11-12,14,20H,2-3,8-10H2,1H3,(H2,17,18,21)/t11?,12-,14+/m0/s1. The van der Waals surface area contributed by atoms with Gasteiger partial charge in [0.05, 0.1) is 17.8 Å². The van der Waals surface area contributed by atoms with Crippen molar-refractivity contribution in [1.82, 2.24) is 25.1 Å². The Morgan fingerprint density at radius 1 is 1.29 bits per heavy atom. The van der Waals surface area contributed by atoms with Crippen molar-refractivity contribution in [3.63, 3.8) is 0 Å². The van der Waals surface area contributed by atoms with Crippen LogP contribution in [0.1, 0.15) is 24.6 Å². The van der Waals surface area contributed by atoms with E-state index in [1.54, 1.807) is 13.3 Å². The lowest BCUT2D eigenvalue weighted by Gasteiger charge is -2.29. The highest BCUT2D eigenvalue weighted by atomic mass is 16.5. The molecule has 2 aromatic rings. The zero-order chi connectivity index (χ0) is 16.5. The van der Waals surface area contributed by atoms with Gasteiger partial charge >= 0.3 is 0 Å². The quantitative estimate of drug-likeness (QED) is 0.847. The van der Waals surface area contributed by atoms with E-state index in [9.17, 15) is 0 Å². The topological polar surface area (TPSA) is 94.1 Å².